The van der Waals surface area contributed by atoms with Crippen LogP contribution in [-0.2, 0) is 0 Å². The molecule has 0 atom stereocenters. The second-order valence-corrected chi connectivity index (χ2v) is 17.4. The molecule has 0 amide bonds. The molecule has 4 heterocycles. The number of aromatic nitrogens is 4. The van der Waals surface area contributed by atoms with Crippen LogP contribution >= 0.6 is 11.3 Å². The molecular weight excluding hydrogens is 813 g/mol. The van der Waals surface area contributed by atoms with Crippen molar-refractivity contribution in [3.05, 3.63) is 194 Å². The molecule has 0 fully saturated rings. The van der Waals surface area contributed by atoms with E-state index in [4.69, 9.17) is 19.4 Å². The fraction of sp³-hybridized carbons (Fsp3) is 0.0339. The summed E-state index contributed by atoms with van der Waals surface area (Å²) >= 11 is 1.85. The summed E-state index contributed by atoms with van der Waals surface area (Å²) < 4.78 is 11.3. The molecule has 0 bridgehead atoms. The van der Waals surface area contributed by atoms with Gasteiger partial charge in [-0.15, -0.1) is 11.3 Å². The van der Waals surface area contributed by atoms with Crippen molar-refractivity contribution in [1.29, 1.82) is 0 Å². The third-order valence-electron chi connectivity index (χ3n) is 12.8. The second kappa shape index (κ2) is 14.7. The Morgan fingerprint density at radius 1 is 0.385 bits per heavy atom. The minimum Gasteiger partial charge on any atom is -0.456 e. The van der Waals surface area contributed by atoms with Crippen molar-refractivity contribution < 1.29 is 4.42 Å². The van der Waals surface area contributed by atoms with Gasteiger partial charge >= 0.3 is 0 Å². The van der Waals surface area contributed by atoms with Crippen molar-refractivity contribution >= 4 is 108 Å². The molecule has 306 valence electrons. The van der Waals surface area contributed by atoms with Gasteiger partial charge in [0.2, 0.25) is 5.95 Å². The van der Waals surface area contributed by atoms with Crippen LogP contribution in [0, 0.1) is 0 Å². The standard InChI is InChI=1S/C57H32N4OS.C2H6/c1-2-13-36-30-38(21-20-33(36)10-1)55-58-56(39-23-26-44-43-16-7-8-19-48(43)62-49(44)32-39)60-57(59-55)61-53-41-15-6-4-12-35(41)22-27-46(53)45-18-9-17-42(54(45)61)37-25-28-50-47(31-37)52-40-14-5-3-11-34(40)24-29-51(52)63-50;1-2/h1-32H;1-2H3. The third-order valence-corrected chi connectivity index (χ3v) is 13.9. The monoisotopic (exact) mass is 850 g/mol. The Kier molecular flexibility index (Phi) is 8.45. The zero-order valence-electron chi connectivity index (χ0n) is 35.6. The first kappa shape index (κ1) is 37.4. The summed E-state index contributed by atoms with van der Waals surface area (Å²) in [4.78, 5) is 16.2. The first-order valence-corrected chi connectivity index (χ1v) is 23.0. The van der Waals surface area contributed by atoms with E-state index in [1.807, 2.05) is 43.4 Å². The molecule has 0 N–H and O–H groups in total. The molecule has 65 heavy (non-hydrogen) atoms. The molecular formula is C59H38N4OS. The highest BCUT2D eigenvalue weighted by Gasteiger charge is 2.23. The van der Waals surface area contributed by atoms with Gasteiger partial charge in [-0.1, -0.05) is 166 Å². The van der Waals surface area contributed by atoms with Gasteiger partial charge in [0, 0.05) is 63.8 Å². The van der Waals surface area contributed by atoms with Crippen LogP contribution in [-0.4, -0.2) is 19.5 Å². The van der Waals surface area contributed by atoms with Gasteiger partial charge in [0.1, 0.15) is 11.2 Å². The third kappa shape index (κ3) is 5.81. The van der Waals surface area contributed by atoms with Crippen molar-refractivity contribution in [2.45, 2.75) is 13.8 Å². The van der Waals surface area contributed by atoms with E-state index in [-0.39, 0.29) is 0 Å². The van der Waals surface area contributed by atoms with Crippen LogP contribution in [0.4, 0.5) is 0 Å². The van der Waals surface area contributed by atoms with Gasteiger partial charge in [0.05, 0.1) is 11.0 Å². The first-order chi connectivity index (χ1) is 32.2. The van der Waals surface area contributed by atoms with Crippen molar-refractivity contribution in [3.63, 3.8) is 0 Å². The fourth-order valence-electron chi connectivity index (χ4n) is 9.89. The number of furan rings is 1. The minimum atomic E-state index is 0.546. The number of para-hydroxylation sites is 2. The van der Waals surface area contributed by atoms with Crippen LogP contribution in [0.1, 0.15) is 13.8 Å². The number of fused-ring (bicyclic) bond motifs is 14. The van der Waals surface area contributed by atoms with Gasteiger partial charge in [-0.2, -0.15) is 9.97 Å². The Hall–Kier alpha value is -8.19. The van der Waals surface area contributed by atoms with Gasteiger partial charge in [-0.3, -0.25) is 4.57 Å². The molecule has 0 aliphatic rings. The van der Waals surface area contributed by atoms with Crippen LogP contribution in [0.25, 0.3) is 136 Å². The van der Waals surface area contributed by atoms with E-state index in [2.05, 4.69) is 180 Å². The average Bonchev–Trinajstić information content (AvgIpc) is 4.06. The second-order valence-electron chi connectivity index (χ2n) is 16.3. The smallest absolute Gasteiger partial charge is 0.238 e. The Bertz CT molecular complexity index is 4230. The van der Waals surface area contributed by atoms with Crippen molar-refractivity contribution in [2.24, 2.45) is 0 Å². The van der Waals surface area contributed by atoms with E-state index in [1.54, 1.807) is 0 Å². The molecule has 0 spiro atoms. The molecule has 0 aliphatic heterocycles. The number of nitrogens with zero attached hydrogens (tertiary/aromatic N) is 4. The van der Waals surface area contributed by atoms with E-state index >= 15 is 0 Å². The molecule has 6 heteroatoms. The minimum absolute atomic E-state index is 0.546. The summed E-state index contributed by atoms with van der Waals surface area (Å²) in [5.41, 5.74) is 7.73. The molecule has 0 aliphatic carbocycles. The molecule has 14 aromatic rings. The normalized spacial score (nSPS) is 11.8. The number of rotatable bonds is 4. The van der Waals surface area contributed by atoms with Crippen LogP contribution in [0.3, 0.4) is 0 Å². The van der Waals surface area contributed by atoms with Crippen LogP contribution in [0.2, 0.25) is 0 Å². The summed E-state index contributed by atoms with van der Waals surface area (Å²) in [5.74, 6) is 1.71. The lowest BCUT2D eigenvalue weighted by Crippen LogP contribution is -2.07. The number of thiophene rings is 1. The Morgan fingerprint density at radius 3 is 1.82 bits per heavy atom. The van der Waals surface area contributed by atoms with Gasteiger partial charge in [-0.25, -0.2) is 4.98 Å². The van der Waals surface area contributed by atoms with Crippen LogP contribution in [0.5, 0.6) is 0 Å². The SMILES string of the molecule is CC.c1ccc2cc(-c3nc(-c4ccc5c(c4)oc4ccccc45)nc(-n4c5c(-c6ccc7sc8ccc9ccccc9c8c7c6)cccc5c5ccc6ccccc6c54)n3)ccc2c1. The summed E-state index contributed by atoms with van der Waals surface area (Å²) in [5, 5.41) is 14.0. The maximum atomic E-state index is 6.41. The van der Waals surface area contributed by atoms with Gasteiger partial charge in [0.25, 0.3) is 0 Å². The summed E-state index contributed by atoms with van der Waals surface area (Å²) in [7, 11) is 0. The topological polar surface area (TPSA) is 56.7 Å². The Labute approximate surface area is 377 Å². The zero-order chi connectivity index (χ0) is 43.2. The van der Waals surface area contributed by atoms with Crippen molar-refractivity contribution in [3.8, 4) is 39.9 Å². The predicted molar refractivity (Wildman–Crippen MR) is 275 cm³/mol. The summed E-state index contributed by atoms with van der Waals surface area (Å²) in [6, 6.07) is 69.2. The molecule has 10 aromatic carbocycles. The van der Waals surface area contributed by atoms with E-state index in [0.29, 0.717) is 17.6 Å². The first-order valence-electron chi connectivity index (χ1n) is 22.2. The summed E-state index contributed by atoms with van der Waals surface area (Å²) in [6.45, 7) is 4.00. The van der Waals surface area contributed by atoms with Crippen LogP contribution < -0.4 is 0 Å². The molecule has 0 radical (unpaired) electrons. The van der Waals surface area contributed by atoms with Crippen molar-refractivity contribution in [2.75, 3.05) is 0 Å². The molecule has 0 saturated carbocycles. The van der Waals surface area contributed by atoms with E-state index in [1.165, 1.54) is 30.9 Å². The molecule has 0 saturated heterocycles. The average molecular weight is 851 g/mol. The highest BCUT2D eigenvalue weighted by molar-refractivity contribution is 7.26. The quantitative estimate of drug-likeness (QED) is 0.177. The lowest BCUT2D eigenvalue weighted by molar-refractivity contribution is 0.669. The predicted octanol–water partition coefficient (Wildman–Crippen LogP) is 16.7. The molecule has 14 rings (SSSR count). The lowest BCUT2D eigenvalue weighted by Gasteiger charge is -2.14. The highest BCUT2D eigenvalue weighted by Crippen LogP contribution is 2.44. The Morgan fingerprint density at radius 2 is 0.969 bits per heavy atom. The maximum absolute atomic E-state index is 6.41. The molecule has 0 unspecified atom stereocenters. The molecule has 4 aromatic heterocycles. The van der Waals surface area contributed by atoms with Crippen molar-refractivity contribution in [1.82, 2.24) is 19.5 Å². The Balaban J connectivity index is 0.00000209. The number of hydrogen-bond donors (Lipinski definition) is 0. The van der Waals surface area contributed by atoms with Gasteiger partial charge in [-0.05, 0) is 75.0 Å². The largest absolute Gasteiger partial charge is 0.456 e. The molecule has 5 nitrogen and oxygen atoms in total. The van der Waals surface area contributed by atoms with E-state index in [0.717, 1.165) is 87.5 Å². The number of hydrogen-bond acceptors (Lipinski definition) is 5. The number of benzene rings is 10. The van der Waals surface area contributed by atoms with E-state index < -0.39 is 0 Å². The zero-order valence-corrected chi connectivity index (χ0v) is 36.4. The van der Waals surface area contributed by atoms with Gasteiger partial charge in [0.15, 0.2) is 11.6 Å². The fourth-order valence-corrected chi connectivity index (χ4v) is 11.0. The van der Waals surface area contributed by atoms with Gasteiger partial charge < -0.3 is 4.42 Å². The lowest BCUT2D eigenvalue weighted by atomic mass is 9.98. The highest BCUT2D eigenvalue weighted by atomic mass is 32.1. The van der Waals surface area contributed by atoms with E-state index in [9.17, 15) is 0 Å². The summed E-state index contributed by atoms with van der Waals surface area (Å²) in [6.07, 6.45) is 0. The van der Waals surface area contributed by atoms with Crippen LogP contribution in [0.15, 0.2) is 199 Å². The maximum Gasteiger partial charge on any atom is 0.238 e.